The summed E-state index contributed by atoms with van der Waals surface area (Å²) in [4.78, 5) is 20.3. The van der Waals surface area contributed by atoms with Crippen LogP contribution in [0, 0.1) is 6.92 Å². The van der Waals surface area contributed by atoms with Crippen LogP contribution in [0.3, 0.4) is 0 Å². The number of thiazole rings is 1. The van der Waals surface area contributed by atoms with Gasteiger partial charge in [0, 0.05) is 30.2 Å². The van der Waals surface area contributed by atoms with Crippen LogP contribution in [-0.4, -0.2) is 22.4 Å². The normalized spacial score (nSPS) is 10.2. The average molecular weight is 277 g/mol. The van der Waals surface area contributed by atoms with Gasteiger partial charge < -0.3 is 10.7 Å². The predicted octanol–water partition coefficient (Wildman–Crippen LogP) is 1.10. The van der Waals surface area contributed by atoms with E-state index in [4.69, 9.17) is 5.84 Å². The molecule has 100 valence electrons. The fourth-order valence-corrected chi connectivity index (χ4v) is 2.21. The zero-order valence-electron chi connectivity index (χ0n) is 10.5. The second kappa shape index (κ2) is 6.26. The average Bonchev–Trinajstić information content (AvgIpc) is 2.91. The molecule has 2 rings (SSSR count). The van der Waals surface area contributed by atoms with Crippen LogP contribution in [0.4, 0.5) is 5.69 Å². The highest BCUT2D eigenvalue weighted by atomic mass is 32.1. The maximum absolute atomic E-state index is 12.0. The van der Waals surface area contributed by atoms with Crippen LogP contribution in [0.25, 0.3) is 0 Å². The Balaban J connectivity index is 1.96. The summed E-state index contributed by atoms with van der Waals surface area (Å²) in [6, 6.07) is 1.73. The molecule has 1 amide bonds. The number of aryl methyl sites for hydroxylation is 1. The minimum Gasteiger partial charge on any atom is -0.352 e. The molecule has 7 heteroatoms. The van der Waals surface area contributed by atoms with E-state index in [1.54, 1.807) is 22.9 Å². The minimum atomic E-state index is -0.198. The maximum atomic E-state index is 12.0. The Kier molecular flexibility index (Phi) is 4.43. The Morgan fingerprint density at radius 2 is 2.32 bits per heavy atom. The lowest BCUT2D eigenvalue weighted by molar-refractivity contribution is 0.0954. The van der Waals surface area contributed by atoms with Gasteiger partial charge in [-0.3, -0.25) is 15.6 Å². The summed E-state index contributed by atoms with van der Waals surface area (Å²) in [5, 5.41) is 4.79. The summed E-state index contributed by atoms with van der Waals surface area (Å²) in [6.45, 7) is 2.37. The Bertz CT molecular complexity index is 555. The van der Waals surface area contributed by atoms with Crippen LogP contribution in [0.5, 0.6) is 0 Å². The molecule has 0 saturated heterocycles. The molecule has 0 aliphatic rings. The first-order valence-electron chi connectivity index (χ1n) is 5.79. The van der Waals surface area contributed by atoms with Gasteiger partial charge in [-0.05, 0) is 13.0 Å². The molecule has 0 aliphatic heterocycles. The first-order chi connectivity index (χ1) is 9.20. The number of nitrogens with zero attached hydrogens (tertiary/aromatic N) is 2. The summed E-state index contributed by atoms with van der Waals surface area (Å²) >= 11 is 1.54. The van der Waals surface area contributed by atoms with E-state index in [-0.39, 0.29) is 5.91 Å². The second-order valence-corrected chi connectivity index (χ2v) is 4.72. The molecular weight excluding hydrogens is 262 g/mol. The van der Waals surface area contributed by atoms with Crippen molar-refractivity contribution in [2.24, 2.45) is 5.84 Å². The summed E-state index contributed by atoms with van der Waals surface area (Å²) in [6.07, 6.45) is 2.22. The van der Waals surface area contributed by atoms with Crippen molar-refractivity contribution in [2.45, 2.75) is 13.3 Å². The maximum Gasteiger partial charge on any atom is 0.255 e. The van der Waals surface area contributed by atoms with Crippen LogP contribution < -0.4 is 16.6 Å². The fraction of sp³-hybridized carbons (Fsp3) is 0.250. The van der Waals surface area contributed by atoms with Gasteiger partial charge in [-0.25, -0.2) is 4.98 Å². The first-order valence-corrected chi connectivity index (χ1v) is 6.73. The standard InChI is InChI=1S/C12H15N5OS/c1-8-4-11(17-13)10(5-15-8)12(18)14-3-2-9-6-19-7-16-9/h4-7H,2-3,13H2,1H3,(H,14,18)(H,15,17). The Morgan fingerprint density at radius 3 is 3.00 bits per heavy atom. The fourth-order valence-electron chi connectivity index (χ4n) is 1.62. The third-order valence-corrected chi connectivity index (χ3v) is 3.23. The highest BCUT2D eigenvalue weighted by Gasteiger charge is 2.11. The Hall–Kier alpha value is -1.99. The molecule has 0 bridgehead atoms. The molecule has 0 unspecified atom stereocenters. The van der Waals surface area contributed by atoms with Crippen molar-refractivity contribution < 1.29 is 4.79 Å². The van der Waals surface area contributed by atoms with Crippen molar-refractivity contribution in [3.8, 4) is 0 Å². The molecule has 0 saturated carbocycles. The number of amides is 1. The van der Waals surface area contributed by atoms with E-state index < -0.39 is 0 Å². The number of carbonyl (C=O) groups excluding carboxylic acids is 1. The minimum absolute atomic E-state index is 0.198. The Labute approximate surface area is 115 Å². The van der Waals surface area contributed by atoms with Crippen LogP contribution in [0.2, 0.25) is 0 Å². The van der Waals surface area contributed by atoms with Crippen molar-refractivity contribution in [1.82, 2.24) is 15.3 Å². The van der Waals surface area contributed by atoms with Gasteiger partial charge in [0.1, 0.15) is 0 Å². The number of pyridine rings is 1. The molecule has 0 fully saturated rings. The van der Waals surface area contributed by atoms with Gasteiger partial charge in [0.05, 0.1) is 22.5 Å². The van der Waals surface area contributed by atoms with Crippen molar-refractivity contribution in [2.75, 3.05) is 12.0 Å². The molecule has 2 aromatic heterocycles. The third-order valence-electron chi connectivity index (χ3n) is 2.59. The zero-order valence-corrected chi connectivity index (χ0v) is 11.3. The van der Waals surface area contributed by atoms with Crippen molar-refractivity contribution in [3.63, 3.8) is 0 Å². The largest absolute Gasteiger partial charge is 0.352 e. The summed E-state index contributed by atoms with van der Waals surface area (Å²) < 4.78 is 0. The predicted molar refractivity (Wildman–Crippen MR) is 74.9 cm³/mol. The smallest absolute Gasteiger partial charge is 0.255 e. The molecule has 0 aromatic carbocycles. The first kappa shape index (κ1) is 13.4. The second-order valence-electron chi connectivity index (χ2n) is 4.00. The van der Waals surface area contributed by atoms with E-state index in [1.165, 1.54) is 6.20 Å². The molecule has 2 aromatic rings. The van der Waals surface area contributed by atoms with E-state index >= 15 is 0 Å². The van der Waals surface area contributed by atoms with Crippen LogP contribution in [0.15, 0.2) is 23.2 Å². The van der Waals surface area contributed by atoms with E-state index in [0.29, 0.717) is 24.2 Å². The number of carbonyl (C=O) groups is 1. The third kappa shape index (κ3) is 3.49. The molecule has 0 radical (unpaired) electrons. The molecule has 6 nitrogen and oxygen atoms in total. The monoisotopic (exact) mass is 277 g/mol. The highest BCUT2D eigenvalue weighted by molar-refractivity contribution is 7.07. The number of hydrogen-bond donors (Lipinski definition) is 3. The molecule has 0 aliphatic carbocycles. The van der Waals surface area contributed by atoms with E-state index in [0.717, 1.165) is 11.4 Å². The van der Waals surface area contributed by atoms with E-state index in [1.807, 2.05) is 12.3 Å². The summed E-state index contributed by atoms with van der Waals surface area (Å²) in [5.41, 5.74) is 7.06. The van der Waals surface area contributed by atoms with Crippen LogP contribution >= 0.6 is 11.3 Å². The number of nitrogens with one attached hydrogen (secondary N) is 2. The van der Waals surface area contributed by atoms with E-state index in [2.05, 4.69) is 20.7 Å². The number of anilines is 1. The molecule has 0 atom stereocenters. The van der Waals surface area contributed by atoms with Gasteiger partial charge >= 0.3 is 0 Å². The van der Waals surface area contributed by atoms with Gasteiger partial charge in [-0.1, -0.05) is 0 Å². The lowest BCUT2D eigenvalue weighted by Crippen LogP contribution is -2.27. The molecular formula is C12H15N5OS. The Morgan fingerprint density at radius 1 is 1.47 bits per heavy atom. The lowest BCUT2D eigenvalue weighted by Gasteiger charge is -2.09. The number of hydrogen-bond acceptors (Lipinski definition) is 6. The zero-order chi connectivity index (χ0) is 13.7. The van der Waals surface area contributed by atoms with Gasteiger partial charge in [-0.15, -0.1) is 11.3 Å². The molecule has 19 heavy (non-hydrogen) atoms. The number of rotatable bonds is 5. The van der Waals surface area contributed by atoms with Crippen molar-refractivity contribution >= 4 is 22.9 Å². The van der Waals surface area contributed by atoms with Crippen molar-refractivity contribution in [3.05, 3.63) is 40.1 Å². The highest BCUT2D eigenvalue weighted by Crippen LogP contribution is 2.14. The summed E-state index contributed by atoms with van der Waals surface area (Å²) in [7, 11) is 0. The topological polar surface area (TPSA) is 92.9 Å². The number of aromatic nitrogens is 2. The number of hydrazine groups is 1. The van der Waals surface area contributed by atoms with Gasteiger partial charge in [0.15, 0.2) is 0 Å². The van der Waals surface area contributed by atoms with Gasteiger partial charge in [0.2, 0.25) is 0 Å². The number of nitrogen functional groups attached to an aromatic ring is 1. The molecule has 4 N–H and O–H groups in total. The van der Waals surface area contributed by atoms with Crippen LogP contribution in [-0.2, 0) is 6.42 Å². The van der Waals surface area contributed by atoms with Crippen LogP contribution in [0.1, 0.15) is 21.7 Å². The quantitative estimate of drug-likeness (QED) is 0.562. The van der Waals surface area contributed by atoms with Gasteiger partial charge in [0.25, 0.3) is 5.91 Å². The number of nitrogens with two attached hydrogens (primary N) is 1. The molecule has 0 spiro atoms. The van der Waals surface area contributed by atoms with Crippen molar-refractivity contribution in [1.29, 1.82) is 0 Å². The lowest BCUT2D eigenvalue weighted by atomic mass is 10.2. The van der Waals surface area contributed by atoms with E-state index in [9.17, 15) is 4.79 Å². The van der Waals surface area contributed by atoms with Gasteiger partial charge in [-0.2, -0.15) is 0 Å². The SMILES string of the molecule is Cc1cc(NN)c(C(=O)NCCc2cscn2)cn1. The molecule has 2 heterocycles. The summed E-state index contributed by atoms with van der Waals surface area (Å²) in [5.74, 6) is 5.20.